The van der Waals surface area contributed by atoms with Crippen LogP contribution >= 0.6 is 27.3 Å². The summed E-state index contributed by atoms with van der Waals surface area (Å²) in [6.45, 7) is 5.74. The summed E-state index contributed by atoms with van der Waals surface area (Å²) in [5.74, 6) is 0.812. The molecule has 0 saturated carbocycles. The minimum Gasteiger partial charge on any atom is -0.314 e. The Bertz CT molecular complexity index is 340. The van der Waals surface area contributed by atoms with Gasteiger partial charge in [0.2, 0.25) is 0 Å². The molecule has 2 unspecified atom stereocenters. The van der Waals surface area contributed by atoms with Gasteiger partial charge in [0.05, 0.1) is 3.79 Å². The summed E-state index contributed by atoms with van der Waals surface area (Å²) < 4.78 is 1.23. The number of thiophene rings is 1. The van der Waals surface area contributed by atoms with Gasteiger partial charge in [-0.1, -0.05) is 0 Å². The second kappa shape index (κ2) is 5.63. The van der Waals surface area contributed by atoms with Crippen molar-refractivity contribution in [2.75, 3.05) is 20.1 Å². The van der Waals surface area contributed by atoms with Crippen molar-refractivity contribution in [2.45, 2.75) is 25.9 Å². The first kappa shape index (κ1) is 12.6. The quantitative estimate of drug-likeness (QED) is 0.920. The first-order valence-corrected chi connectivity index (χ1v) is 7.47. The Kier molecular flexibility index (Phi) is 4.41. The minimum atomic E-state index is 0.677. The van der Waals surface area contributed by atoms with E-state index in [0.717, 1.165) is 12.5 Å². The number of hydrogen-bond donors (Lipinski definition) is 1. The van der Waals surface area contributed by atoms with Gasteiger partial charge in [0.15, 0.2) is 0 Å². The van der Waals surface area contributed by atoms with E-state index >= 15 is 0 Å². The third-order valence-electron chi connectivity index (χ3n) is 3.31. The largest absolute Gasteiger partial charge is 0.314 e. The third kappa shape index (κ3) is 3.29. The van der Waals surface area contributed by atoms with Crippen molar-refractivity contribution in [3.8, 4) is 0 Å². The molecule has 0 bridgehead atoms. The zero-order valence-electron chi connectivity index (χ0n) is 9.87. The van der Waals surface area contributed by atoms with Crippen LogP contribution in [0.5, 0.6) is 0 Å². The zero-order valence-corrected chi connectivity index (χ0v) is 12.3. The highest BCUT2D eigenvalue weighted by Crippen LogP contribution is 2.22. The van der Waals surface area contributed by atoms with E-state index in [4.69, 9.17) is 0 Å². The zero-order chi connectivity index (χ0) is 11.5. The summed E-state index contributed by atoms with van der Waals surface area (Å²) in [5.41, 5.74) is 1.41. The highest BCUT2D eigenvalue weighted by Gasteiger charge is 2.23. The van der Waals surface area contributed by atoms with E-state index in [1.165, 1.54) is 28.9 Å². The maximum absolute atomic E-state index is 3.51. The molecule has 0 aromatic carbocycles. The topological polar surface area (TPSA) is 15.3 Å². The first-order chi connectivity index (χ1) is 7.65. The molecule has 0 radical (unpaired) electrons. The molecule has 2 heterocycles. The summed E-state index contributed by atoms with van der Waals surface area (Å²) in [7, 11) is 2.22. The molecule has 2 nitrogen and oxygen atoms in total. The average molecular weight is 303 g/mol. The summed E-state index contributed by atoms with van der Waals surface area (Å²) in [4.78, 5) is 2.43. The maximum Gasteiger partial charge on any atom is 0.0701 e. The van der Waals surface area contributed by atoms with Crippen molar-refractivity contribution in [3.63, 3.8) is 0 Å². The lowest BCUT2D eigenvalue weighted by molar-refractivity contribution is 0.259. The lowest BCUT2D eigenvalue weighted by atomic mass is 10.0. The van der Waals surface area contributed by atoms with Crippen LogP contribution in [0.4, 0.5) is 0 Å². The van der Waals surface area contributed by atoms with E-state index in [1.54, 1.807) is 11.3 Å². The van der Waals surface area contributed by atoms with E-state index in [2.05, 4.69) is 51.6 Å². The lowest BCUT2D eigenvalue weighted by Crippen LogP contribution is -2.32. The molecule has 90 valence electrons. The van der Waals surface area contributed by atoms with Crippen LogP contribution < -0.4 is 5.32 Å². The maximum atomic E-state index is 3.51. The predicted molar refractivity (Wildman–Crippen MR) is 73.9 cm³/mol. The fourth-order valence-electron chi connectivity index (χ4n) is 2.37. The van der Waals surface area contributed by atoms with E-state index in [-0.39, 0.29) is 0 Å². The summed E-state index contributed by atoms with van der Waals surface area (Å²) in [6.07, 6.45) is 1.32. The number of nitrogens with zero attached hydrogens (tertiary/aromatic N) is 1. The molecule has 1 fully saturated rings. The van der Waals surface area contributed by atoms with Gasteiger partial charge in [-0.05, 0) is 65.8 Å². The van der Waals surface area contributed by atoms with Crippen LogP contribution in [-0.2, 0) is 6.54 Å². The number of hydrogen-bond acceptors (Lipinski definition) is 3. The Morgan fingerprint density at radius 2 is 2.44 bits per heavy atom. The van der Waals surface area contributed by atoms with Crippen LogP contribution in [0.3, 0.4) is 0 Å². The molecule has 1 aliphatic rings. The van der Waals surface area contributed by atoms with Crippen LogP contribution in [0.15, 0.2) is 15.2 Å². The second-order valence-electron chi connectivity index (χ2n) is 4.75. The van der Waals surface area contributed by atoms with Crippen molar-refractivity contribution < 1.29 is 0 Å². The standard InChI is InChI=1S/C12H19BrN2S/c1-9-11(3-4-14-9)7-15(2)6-10-5-12(13)16-8-10/h5,8-9,11,14H,3-4,6-7H2,1-2H3. The van der Waals surface area contributed by atoms with E-state index in [1.807, 2.05) is 0 Å². The molecule has 4 heteroatoms. The molecule has 0 spiro atoms. The lowest BCUT2D eigenvalue weighted by Gasteiger charge is -2.22. The van der Waals surface area contributed by atoms with E-state index in [9.17, 15) is 0 Å². The molecule has 2 atom stereocenters. The van der Waals surface area contributed by atoms with Crippen molar-refractivity contribution in [2.24, 2.45) is 5.92 Å². The Balaban J connectivity index is 1.82. The molecule has 1 saturated heterocycles. The van der Waals surface area contributed by atoms with Crippen molar-refractivity contribution in [1.29, 1.82) is 0 Å². The molecular formula is C12H19BrN2S. The predicted octanol–water partition coefficient (Wildman–Crippen LogP) is 2.94. The molecule has 1 N–H and O–H groups in total. The van der Waals surface area contributed by atoms with Gasteiger partial charge in [-0.25, -0.2) is 0 Å². The fraction of sp³-hybridized carbons (Fsp3) is 0.667. The van der Waals surface area contributed by atoms with Crippen LogP contribution in [-0.4, -0.2) is 31.1 Å². The Hall–Kier alpha value is 0.100. The minimum absolute atomic E-state index is 0.677. The van der Waals surface area contributed by atoms with E-state index in [0.29, 0.717) is 6.04 Å². The van der Waals surface area contributed by atoms with Crippen LogP contribution in [0.2, 0.25) is 0 Å². The van der Waals surface area contributed by atoms with Crippen LogP contribution in [0.25, 0.3) is 0 Å². The van der Waals surface area contributed by atoms with Crippen molar-refractivity contribution in [1.82, 2.24) is 10.2 Å². The molecule has 1 aromatic rings. The molecule has 0 aliphatic carbocycles. The average Bonchev–Trinajstić information content (AvgIpc) is 2.77. The van der Waals surface area contributed by atoms with Gasteiger partial charge in [0.25, 0.3) is 0 Å². The molecule has 16 heavy (non-hydrogen) atoms. The molecule has 0 amide bonds. The smallest absolute Gasteiger partial charge is 0.0701 e. The van der Waals surface area contributed by atoms with Gasteiger partial charge < -0.3 is 10.2 Å². The van der Waals surface area contributed by atoms with Gasteiger partial charge in [0.1, 0.15) is 0 Å². The van der Waals surface area contributed by atoms with Gasteiger partial charge in [-0.15, -0.1) is 11.3 Å². The Morgan fingerprint density at radius 1 is 1.62 bits per heavy atom. The summed E-state index contributed by atoms with van der Waals surface area (Å²) in [6, 6.07) is 2.90. The SMILES string of the molecule is CC1NCCC1CN(C)Cc1csc(Br)c1. The third-order valence-corrected chi connectivity index (χ3v) is 4.86. The van der Waals surface area contributed by atoms with Gasteiger partial charge >= 0.3 is 0 Å². The number of nitrogens with one attached hydrogen (secondary N) is 1. The summed E-state index contributed by atoms with van der Waals surface area (Å²) in [5, 5.41) is 5.74. The van der Waals surface area contributed by atoms with Gasteiger partial charge in [0, 0.05) is 19.1 Å². The number of rotatable bonds is 4. The molecule has 2 rings (SSSR count). The first-order valence-electron chi connectivity index (χ1n) is 5.80. The highest BCUT2D eigenvalue weighted by atomic mass is 79.9. The Labute approximate surface area is 110 Å². The van der Waals surface area contributed by atoms with Gasteiger partial charge in [-0.2, -0.15) is 0 Å². The monoisotopic (exact) mass is 302 g/mol. The second-order valence-corrected chi connectivity index (χ2v) is 7.04. The fourth-order valence-corrected chi connectivity index (χ4v) is 3.57. The molecule has 1 aromatic heterocycles. The van der Waals surface area contributed by atoms with E-state index < -0.39 is 0 Å². The molecular weight excluding hydrogens is 284 g/mol. The molecule has 1 aliphatic heterocycles. The van der Waals surface area contributed by atoms with Crippen LogP contribution in [0.1, 0.15) is 18.9 Å². The Morgan fingerprint density at radius 3 is 3.00 bits per heavy atom. The number of halogens is 1. The highest BCUT2D eigenvalue weighted by molar-refractivity contribution is 9.11. The van der Waals surface area contributed by atoms with Crippen molar-refractivity contribution in [3.05, 3.63) is 20.8 Å². The summed E-state index contributed by atoms with van der Waals surface area (Å²) >= 11 is 5.28. The van der Waals surface area contributed by atoms with Gasteiger partial charge in [-0.3, -0.25) is 0 Å². The van der Waals surface area contributed by atoms with Crippen molar-refractivity contribution >= 4 is 27.3 Å². The van der Waals surface area contributed by atoms with Crippen LogP contribution in [0, 0.1) is 5.92 Å². The normalized spacial score (nSPS) is 25.5.